The van der Waals surface area contributed by atoms with Crippen LogP contribution in [0.15, 0.2) is 35.3 Å². The number of hydrogen-bond donors (Lipinski definition) is 3. The molecule has 3 amide bonds. The van der Waals surface area contributed by atoms with Gasteiger partial charge in [0.2, 0.25) is 17.2 Å². The Kier molecular flexibility index (Phi) is 6.61. The largest absolute Gasteiger partial charge is 0.360 e. The molecule has 2 heterocycles. The summed E-state index contributed by atoms with van der Waals surface area (Å²) in [6.07, 6.45) is 1.37. The summed E-state index contributed by atoms with van der Waals surface area (Å²) in [5.41, 5.74) is 0.252. The van der Waals surface area contributed by atoms with Gasteiger partial charge in [0.25, 0.3) is 5.91 Å². The minimum Gasteiger partial charge on any atom is -0.360 e. The van der Waals surface area contributed by atoms with E-state index in [-0.39, 0.29) is 29.4 Å². The van der Waals surface area contributed by atoms with Crippen molar-refractivity contribution in [1.82, 2.24) is 25.4 Å². The standard InChI is InChI=1S/C20H25N5O4/c1-2-21-17(26)13-24-7-9-25(10-8-24)18(27)12-23-20(29)15-11-22-16-6-4-3-5-14(16)19(15)28/h3-6,11H,2,7-10,12-13H2,1H3,(H,21,26)(H,22,28)(H,23,29). The molecule has 0 atom stereocenters. The number of nitrogens with one attached hydrogen (secondary N) is 3. The van der Waals surface area contributed by atoms with Crippen LogP contribution in [0.3, 0.4) is 0 Å². The normalized spacial score (nSPS) is 14.6. The van der Waals surface area contributed by atoms with Gasteiger partial charge in [-0.2, -0.15) is 0 Å². The van der Waals surface area contributed by atoms with Gasteiger partial charge < -0.3 is 20.5 Å². The molecule has 0 saturated carbocycles. The minimum atomic E-state index is -0.583. The van der Waals surface area contributed by atoms with Gasteiger partial charge in [0.15, 0.2) is 0 Å². The third kappa shape index (κ3) is 5.00. The van der Waals surface area contributed by atoms with Gasteiger partial charge >= 0.3 is 0 Å². The molecule has 1 fully saturated rings. The first-order chi connectivity index (χ1) is 14.0. The third-order valence-electron chi connectivity index (χ3n) is 4.90. The molecule has 1 aromatic carbocycles. The molecule has 29 heavy (non-hydrogen) atoms. The second-order valence-corrected chi connectivity index (χ2v) is 6.87. The monoisotopic (exact) mass is 399 g/mol. The Morgan fingerprint density at radius 1 is 1.07 bits per heavy atom. The molecule has 1 aliphatic rings. The van der Waals surface area contributed by atoms with Crippen molar-refractivity contribution in [3.63, 3.8) is 0 Å². The topological polar surface area (TPSA) is 115 Å². The summed E-state index contributed by atoms with van der Waals surface area (Å²) >= 11 is 0. The number of benzene rings is 1. The van der Waals surface area contributed by atoms with E-state index in [2.05, 4.69) is 15.6 Å². The lowest BCUT2D eigenvalue weighted by molar-refractivity contribution is -0.132. The van der Waals surface area contributed by atoms with Crippen LogP contribution in [0.5, 0.6) is 0 Å². The molecule has 9 nitrogen and oxygen atoms in total. The summed E-state index contributed by atoms with van der Waals surface area (Å²) in [7, 11) is 0. The zero-order chi connectivity index (χ0) is 20.8. The van der Waals surface area contributed by atoms with Gasteiger partial charge in [-0.05, 0) is 19.1 Å². The summed E-state index contributed by atoms with van der Waals surface area (Å²) in [6, 6.07) is 6.94. The summed E-state index contributed by atoms with van der Waals surface area (Å²) in [5, 5.41) is 5.71. The lowest BCUT2D eigenvalue weighted by Gasteiger charge is -2.34. The first-order valence-corrected chi connectivity index (χ1v) is 9.65. The quantitative estimate of drug-likeness (QED) is 0.608. The number of carbonyl (C=O) groups is 3. The highest BCUT2D eigenvalue weighted by Crippen LogP contribution is 2.07. The molecule has 1 saturated heterocycles. The number of likely N-dealkylation sites (N-methyl/N-ethyl adjacent to an activating group) is 1. The molecular formula is C20H25N5O4. The average Bonchev–Trinajstić information content (AvgIpc) is 2.73. The van der Waals surface area contributed by atoms with Crippen LogP contribution < -0.4 is 16.1 Å². The van der Waals surface area contributed by atoms with Crippen LogP contribution in [0.4, 0.5) is 0 Å². The molecule has 2 aromatic rings. The number of piperazine rings is 1. The zero-order valence-electron chi connectivity index (χ0n) is 16.4. The smallest absolute Gasteiger partial charge is 0.257 e. The highest BCUT2D eigenvalue weighted by molar-refractivity contribution is 5.98. The van der Waals surface area contributed by atoms with Crippen molar-refractivity contribution in [2.75, 3.05) is 45.8 Å². The van der Waals surface area contributed by atoms with E-state index in [1.54, 1.807) is 29.2 Å². The Morgan fingerprint density at radius 3 is 2.52 bits per heavy atom. The molecule has 1 aromatic heterocycles. The fourth-order valence-electron chi connectivity index (χ4n) is 3.31. The molecule has 0 spiro atoms. The molecule has 9 heteroatoms. The third-order valence-corrected chi connectivity index (χ3v) is 4.90. The Hall–Kier alpha value is -3.20. The lowest BCUT2D eigenvalue weighted by Crippen LogP contribution is -2.53. The van der Waals surface area contributed by atoms with Gasteiger partial charge in [0.05, 0.1) is 13.1 Å². The number of fused-ring (bicyclic) bond motifs is 1. The number of carbonyl (C=O) groups excluding carboxylic acids is 3. The van der Waals surface area contributed by atoms with E-state index in [9.17, 15) is 19.2 Å². The maximum Gasteiger partial charge on any atom is 0.257 e. The van der Waals surface area contributed by atoms with Gasteiger partial charge in [-0.3, -0.25) is 24.1 Å². The van der Waals surface area contributed by atoms with Crippen molar-refractivity contribution >= 4 is 28.6 Å². The number of para-hydroxylation sites is 1. The predicted molar refractivity (Wildman–Crippen MR) is 109 cm³/mol. The number of hydrogen-bond acceptors (Lipinski definition) is 5. The summed E-state index contributed by atoms with van der Waals surface area (Å²) in [4.78, 5) is 55.4. The number of H-pyrrole nitrogens is 1. The Labute approximate surface area is 168 Å². The van der Waals surface area contributed by atoms with E-state index in [4.69, 9.17) is 0 Å². The average molecular weight is 399 g/mol. The van der Waals surface area contributed by atoms with Gasteiger partial charge in [0.1, 0.15) is 5.56 Å². The molecule has 0 unspecified atom stereocenters. The number of aromatic amines is 1. The number of pyridine rings is 1. The maximum absolute atomic E-state index is 12.5. The van der Waals surface area contributed by atoms with E-state index in [0.29, 0.717) is 50.2 Å². The molecule has 3 rings (SSSR count). The lowest BCUT2D eigenvalue weighted by atomic mass is 10.1. The van der Waals surface area contributed by atoms with Gasteiger partial charge in [0, 0.05) is 49.8 Å². The zero-order valence-corrected chi connectivity index (χ0v) is 16.4. The molecule has 0 aliphatic carbocycles. The Morgan fingerprint density at radius 2 is 1.79 bits per heavy atom. The first-order valence-electron chi connectivity index (χ1n) is 9.65. The second-order valence-electron chi connectivity index (χ2n) is 6.87. The van der Waals surface area contributed by atoms with Crippen molar-refractivity contribution in [3.8, 4) is 0 Å². The molecule has 1 aliphatic heterocycles. The van der Waals surface area contributed by atoms with Gasteiger partial charge in [-0.25, -0.2) is 0 Å². The number of amides is 3. The van der Waals surface area contributed by atoms with E-state index >= 15 is 0 Å². The van der Waals surface area contributed by atoms with Gasteiger partial charge in [-0.1, -0.05) is 12.1 Å². The van der Waals surface area contributed by atoms with Crippen LogP contribution in [0.1, 0.15) is 17.3 Å². The molecule has 154 valence electrons. The van der Waals surface area contributed by atoms with Crippen LogP contribution in [0, 0.1) is 0 Å². The molecule has 0 bridgehead atoms. The fraction of sp³-hybridized carbons (Fsp3) is 0.400. The van der Waals surface area contributed by atoms with Crippen molar-refractivity contribution in [2.24, 2.45) is 0 Å². The highest BCUT2D eigenvalue weighted by Gasteiger charge is 2.23. The molecular weight excluding hydrogens is 374 g/mol. The Bertz CT molecular complexity index is 963. The minimum absolute atomic E-state index is 0.0248. The van der Waals surface area contributed by atoms with E-state index in [1.165, 1.54) is 6.20 Å². The predicted octanol–water partition coefficient (Wildman–Crippen LogP) is -0.462. The summed E-state index contributed by atoms with van der Waals surface area (Å²) < 4.78 is 0. The van der Waals surface area contributed by atoms with Crippen molar-refractivity contribution in [3.05, 3.63) is 46.2 Å². The fourth-order valence-corrected chi connectivity index (χ4v) is 3.31. The summed E-state index contributed by atoms with van der Waals surface area (Å²) in [6.45, 7) is 4.78. The number of rotatable bonds is 6. The SMILES string of the molecule is CCNC(=O)CN1CCN(C(=O)CNC(=O)c2c[nH]c3ccccc3c2=O)CC1. The molecule has 0 radical (unpaired) electrons. The van der Waals surface area contributed by atoms with Crippen LogP contribution in [0.2, 0.25) is 0 Å². The summed E-state index contributed by atoms with van der Waals surface area (Å²) in [5.74, 6) is -0.825. The first kappa shape index (κ1) is 20.5. The van der Waals surface area contributed by atoms with Crippen molar-refractivity contribution in [1.29, 1.82) is 0 Å². The van der Waals surface area contributed by atoms with Crippen molar-refractivity contribution in [2.45, 2.75) is 6.92 Å². The van der Waals surface area contributed by atoms with Crippen LogP contribution in [-0.2, 0) is 9.59 Å². The van der Waals surface area contributed by atoms with E-state index < -0.39 is 5.91 Å². The number of aromatic nitrogens is 1. The maximum atomic E-state index is 12.5. The molecule has 3 N–H and O–H groups in total. The van der Waals surface area contributed by atoms with Gasteiger partial charge in [-0.15, -0.1) is 0 Å². The van der Waals surface area contributed by atoms with Crippen LogP contribution >= 0.6 is 0 Å². The van der Waals surface area contributed by atoms with Crippen LogP contribution in [0.25, 0.3) is 10.9 Å². The number of nitrogens with zero attached hydrogens (tertiary/aromatic N) is 2. The van der Waals surface area contributed by atoms with Crippen LogP contribution in [-0.4, -0.2) is 78.3 Å². The second kappa shape index (κ2) is 9.33. The van der Waals surface area contributed by atoms with E-state index in [0.717, 1.165) is 0 Å². The Balaban J connectivity index is 1.51. The van der Waals surface area contributed by atoms with E-state index in [1.807, 2.05) is 11.8 Å². The van der Waals surface area contributed by atoms with Crippen molar-refractivity contribution < 1.29 is 14.4 Å². The highest BCUT2D eigenvalue weighted by atomic mass is 16.2.